The van der Waals surface area contributed by atoms with Crippen LogP contribution in [0.2, 0.25) is 0 Å². The number of carbonyl (C=O) groups is 4. The lowest BCUT2D eigenvalue weighted by Crippen LogP contribution is -2.47. The van der Waals surface area contributed by atoms with E-state index in [2.05, 4.69) is 15.6 Å². The summed E-state index contributed by atoms with van der Waals surface area (Å²) < 4.78 is 16.6. The van der Waals surface area contributed by atoms with Gasteiger partial charge in [0.15, 0.2) is 0 Å². The average molecular weight is 814 g/mol. The van der Waals surface area contributed by atoms with Crippen molar-refractivity contribution in [3.63, 3.8) is 0 Å². The second-order valence-corrected chi connectivity index (χ2v) is 14.5. The molecule has 4 aromatic carbocycles. The Bertz CT molecular complexity index is 2060. The number of aliphatic hydroxyl groups is 1. The first kappa shape index (κ1) is 42.9. The van der Waals surface area contributed by atoms with E-state index < -0.39 is 24.3 Å². The van der Waals surface area contributed by atoms with E-state index in [1.165, 1.54) is 0 Å². The second-order valence-electron chi connectivity index (χ2n) is 14.5. The van der Waals surface area contributed by atoms with Crippen molar-refractivity contribution in [2.24, 2.45) is 0 Å². The molecule has 0 unspecified atom stereocenters. The number of nitrogens with one attached hydrogen (secondary N) is 2. The Hall–Kier alpha value is -6.73. The van der Waals surface area contributed by atoms with Crippen LogP contribution < -0.4 is 15.4 Å². The fourth-order valence-corrected chi connectivity index (χ4v) is 6.89. The molecular formula is C47H51N5O8. The summed E-state index contributed by atoms with van der Waals surface area (Å²) in [7, 11) is 0. The first-order valence-electron chi connectivity index (χ1n) is 20.2. The predicted octanol–water partition coefficient (Wildman–Crippen LogP) is 6.76. The highest BCUT2D eigenvalue weighted by molar-refractivity contribution is 5.88. The van der Waals surface area contributed by atoms with Gasteiger partial charge in [-0.1, -0.05) is 121 Å². The minimum atomic E-state index is -0.815. The van der Waals surface area contributed by atoms with Crippen molar-refractivity contribution in [1.82, 2.24) is 25.4 Å². The smallest absolute Gasteiger partial charge is 0.408 e. The number of aliphatic hydroxyl groups excluding tert-OH is 1. The average Bonchev–Trinajstić information content (AvgIpc) is 3.30. The third kappa shape index (κ3) is 13.1. The van der Waals surface area contributed by atoms with Gasteiger partial charge in [-0.25, -0.2) is 9.59 Å². The van der Waals surface area contributed by atoms with Crippen LogP contribution in [0.15, 0.2) is 146 Å². The summed E-state index contributed by atoms with van der Waals surface area (Å²) in [6, 6.07) is 39.2. The molecule has 312 valence electrons. The number of hydrogen-bond acceptors (Lipinski definition) is 9. The number of piperidine rings is 2. The van der Waals surface area contributed by atoms with Crippen molar-refractivity contribution in [3.05, 3.63) is 168 Å². The molecule has 5 aromatic rings. The summed E-state index contributed by atoms with van der Waals surface area (Å²) in [4.78, 5) is 58.7. The molecule has 3 N–H and O–H groups in total. The monoisotopic (exact) mass is 813 g/mol. The van der Waals surface area contributed by atoms with Gasteiger partial charge in [-0.15, -0.1) is 0 Å². The van der Waals surface area contributed by atoms with Gasteiger partial charge < -0.3 is 39.8 Å². The summed E-state index contributed by atoms with van der Waals surface area (Å²) >= 11 is 0. The van der Waals surface area contributed by atoms with E-state index >= 15 is 0 Å². The summed E-state index contributed by atoms with van der Waals surface area (Å²) in [6.45, 7) is 2.33. The van der Waals surface area contributed by atoms with E-state index in [0.717, 1.165) is 16.9 Å². The molecule has 1 aromatic heterocycles. The number of pyridine rings is 1. The molecule has 4 amide bonds. The SMILES string of the molecule is O=C(N[C@@H](C(=O)N1CCC(O)CC1)c1ccccc1)OCc1ccccc1.O=C(N[C@@H](C(=O)N1CCC(Oc2cccnc2)CC1)c1ccccc1)OCc1ccccc1. The fourth-order valence-electron chi connectivity index (χ4n) is 6.89. The summed E-state index contributed by atoms with van der Waals surface area (Å²) in [5.74, 6) is 0.384. The molecule has 2 aliphatic heterocycles. The molecule has 0 spiro atoms. The van der Waals surface area contributed by atoms with Crippen molar-refractivity contribution in [2.45, 2.75) is 63.2 Å². The Morgan fingerprint density at radius 1 is 0.583 bits per heavy atom. The van der Waals surface area contributed by atoms with E-state index in [1.807, 2.05) is 121 Å². The standard InChI is InChI=1S/C26H27N3O4.C21H24N2O4/c30-25(29-16-13-22(14-17-29)33-23-12-7-15-27-18-23)24(21-10-5-2-6-11-21)28-26(31)32-19-20-8-3-1-4-9-20;24-18-11-13-23(14-12-18)20(25)19(17-9-5-2-6-10-17)22-21(26)27-15-16-7-3-1-4-8-16/h1-12,15,18,22,24H,13-14,16-17,19H2,(H,28,31);1-10,18-19,24H,11-15H2,(H,22,26)/t24-;19-/m11/s1. The van der Waals surface area contributed by atoms with Crippen LogP contribution in [0.3, 0.4) is 0 Å². The van der Waals surface area contributed by atoms with E-state index in [9.17, 15) is 24.3 Å². The molecule has 2 fully saturated rings. The van der Waals surface area contributed by atoms with Gasteiger partial charge in [0.1, 0.15) is 37.2 Å². The molecule has 13 heteroatoms. The normalized spacial score (nSPS) is 15.3. The number of nitrogens with zero attached hydrogens (tertiary/aromatic N) is 3. The zero-order valence-electron chi connectivity index (χ0n) is 33.4. The van der Waals surface area contributed by atoms with Gasteiger partial charge in [0.25, 0.3) is 0 Å². The number of aromatic nitrogens is 1. The van der Waals surface area contributed by atoms with Gasteiger partial charge >= 0.3 is 12.2 Å². The first-order valence-corrected chi connectivity index (χ1v) is 20.2. The molecule has 7 rings (SSSR count). The summed E-state index contributed by atoms with van der Waals surface area (Å²) in [6.07, 6.45) is 4.29. The Labute approximate surface area is 350 Å². The van der Waals surface area contributed by atoms with Crippen LogP contribution in [0, 0.1) is 0 Å². The van der Waals surface area contributed by atoms with E-state index in [-0.39, 0.29) is 37.2 Å². The number of hydrogen-bond donors (Lipinski definition) is 3. The number of likely N-dealkylation sites (tertiary alicyclic amines) is 2. The van der Waals surface area contributed by atoms with Crippen LogP contribution in [0.25, 0.3) is 0 Å². The minimum Gasteiger partial charge on any atom is -0.489 e. The largest absolute Gasteiger partial charge is 0.489 e. The minimum absolute atomic E-state index is 0.0252. The van der Waals surface area contributed by atoms with Crippen LogP contribution in [0.1, 0.15) is 60.0 Å². The van der Waals surface area contributed by atoms with Gasteiger partial charge in [-0.05, 0) is 47.2 Å². The molecule has 2 saturated heterocycles. The van der Waals surface area contributed by atoms with Gasteiger partial charge in [0, 0.05) is 45.2 Å². The third-order valence-electron chi connectivity index (χ3n) is 10.2. The van der Waals surface area contributed by atoms with E-state index in [4.69, 9.17) is 14.2 Å². The number of rotatable bonds is 12. The highest BCUT2D eigenvalue weighted by Crippen LogP contribution is 2.23. The lowest BCUT2D eigenvalue weighted by atomic mass is 10.0. The molecule has 0 radical (unpaired) electrons. The van der Waals surface area contributed by atoms with Crippen LogP contribution in [-0.2, 0) is 32.3 Å². The highest BCUT2D eigenvalue weighted by Gasteiger charge is 2.32. The predicted molar refractivity (Wildman–Crippen MR) is 224 cm³/mol. The highest BCUT2D eigenvalue weighted by atomic mass is 16.6. The number of benzene rings is 4. The molecule has 60 heavy (non-hydrogen) atoms. The Balaban J connectivity index is 0.000000205. The maximum absolute atomic E-state index is 13.4. The van der Waals surface area contributed by atoms with Crippen molar-refractivity contribution in [3.8, 4) is 5.75 Å². The second kappa shape index (κ2) is 22.4. The van der Waals surface area contributed by atoms with Crippen LogP contribution >= 0.6 is 0 Å². The van der Waals surface area contributed by atoms with E-state index in [0.29, 0.717) is 63.0 Å². The fraction of sp³-hybridized carbons (Fsp3) is 0.298. The maximum atomic E-state index is 13.4. The number of carbonyl (C=O) groups excluding carboxylic acids is 4. The maximum Gasteiger partial charge on any atom is 0.408 e. The van der Waals surface area contributed by atoms with Crippen LogP contribution in [-0.4, -0.2) is 82.3 Å². The molecule has 0 saturated carbocycles. The molecule has 2 aliphatic rings. The van der Waals surface area contributed by atoms with Crippen molar-refractivity contribution >= 4 is 24.0 Å². The zero-order valence-corrected chi connectivity index (χ0v) is 33.4. The quantitative estimate of drug-likeness (QED) is 0.124. The number of alkyl carbamates (subject to hydrolysis) is 2. The number of ether oxygens (including phenoxy) is 3. The molecular weight excluding hydrogens is 763 g/mol. The topological polar surface area (TPSA) is 160 Å². The first-order chi connectivity index (χ1) is 29.3. The lowest BCUT2D eigenvalue weighted by Gasteiger charge is -2.34. The number of amides is 4. The lowest BCUT2D eigenvalue weighted by molar-refractivity contribution is -0.136. The van der Waals surface area contributed by atoms with Gasteiger partial charge in [0.2, 0.25) is 11.8 Å². The molecule has 3 heterocycles. The third-order valence-corrected chi connectivity index (χ3v) is 10.2. The van der Waals surface area contributed by atoms with Crippen molar-refractivity contribution < 1.29 is 38.5 Å². The van der Waals surface area contributed by atoms with Gasteiger partial charge in [0.05, 0.1) is 12.3 Å². The Morgan fingerprint density at radius 3 is 1.42 bits per heavy atom. The van der Waals surface area contributed by atoms with Gasteiger partial charge in [-0.3, -0.25) is 14.6 Å². The van der Waals surface area contributed by atoms with Crippen molar-refractivity contribution in [1.29, 1.82) is 0 Å². The Kier molecular flexibility index (Phi) is 16.0. The van der Waals surface area contributed by atoms with E-state index in [1.54, 1.807) is 34.3 Å². The van der Waals surface area contributed by atoms with Crippen LogP contribution in [0.5, 0.6) is 5.75 Å². The summed E-state index contributed by atoms with van der Waals surface area (Å²) in [5.41, 5.74) is 3.17. The van der Waals surface area contributed by atoms with Crippen molar-refractivity contribution in [2.75, 3.05) is 26.2 Å². The van der Waals surface area contributed by atoms with Gasteiger partial charge in [-0.2, -0.15) is 0 Å². The zero-order chi connectivity index (χ0) is 41.9. The molecule has 0 bridgehead atoms. The summed E-state index contributed by atoms with van der Waals surface area (Å²) in [5, 5.41) is 15.1. The van der Waals surface area contributed by atoms with Crippen LogP contribution in [0.4, 0.5) is 9.59 Å². The Morgan fingerprint density at radius 2 is 1.00 bits per heavy atom. The molecule has 13 nitrogen and oxygen atoms in total. The molecule has 0 aliphatic carbocycles. The molecule has 2 atom stereocenters.